The standard InChI is InChI=1S/C12H22N2/c1-7-11(9(3)4)14-12(10(5)6)13-8-2/h7-10H,1-6H3/b11-7-,13-8?,14-12?. The Hall–Kier alpha value is -0.920. The third-order valence-corrected chi connectivity index (χ3v) is 1.91. The lowest BCUT2D eigenvalue weighted by Gasteiger charge is -2.09. The number of rotatable bonds is 3. The molecule has 2 nitrogen and oxygen atoms in total. The molecule has 0 aliphatic rings. The Labute approximate surface area is 87.9 Å². The van der Waals surface area contributed by atoms with Gasteiger partial charge in [-0.3, -0.25) is 0 Å². The Kier molecular flexibility index (Phi) is 6.09. The minimum atomic E-state index is 0.375. The normalized spacial score (nSPS) is 14.9. The van der Waals surface area contributed by atoms with Crippen molar-refractivity contribution in [3.63, 3.8) is 0 Å². The molecular formula is C12H22N2. The molecule has 0 unspecified atom stereocenters. The van der Waals surface area contributed by atoms with Crippen LogP contribution >= 0.6 is 0 Å². The Morgan fingerprint density at radius 1 is 1.00 bits per heavy atom. The number of allylic oxidation sites excluding steroid dienone is 2. The lowest BCUT2D eigenvalue weighted by molar-refractivity contribution is 0.748. The number of nitrogens with zero attached hydrogens (tertiary/aromatic N) is 2. The number of hydrogen-bond donors (Lipinski definition) is 0. The SMILES string of the molecule is CC=NC(=N/C(=C\C)C(C)C)C(C)C. The van der Waals surface area contributed by atoms with E-state index in [4.69, 9.17) is 0 Å². The van der Waals surface area contributed by atoms with Gasteiger partial charge in [-0.15, -0.1) is 0 Å². The Bertz CT molecular complexity index is 245. The van der Waals surface area contributed by atoms with Crippen LogP contribution < -0.4 is 0 Å². The first-order valence-corrected chi connectivity index (χ1v) is 5.26. The summed E-state index contributed by atoms with van der Waals surface area (Å²) in [7, 11) is 0. The maximum absolute atomic E-state index is 4.56. The van der Waals surface area contributed by atoms with Crippen LogP contribution in [-0.2, 0) is 0 Å². The van der Waals surface area contributed by atoms with E-state index in [1.807, 2.05) is 13.8 Å². The minimum Gasteiger partial charge on any atom is -0.246 e. The fraction of sp³-hybridized carbons (Fsp3) is 0.667. The largest absolute Gasteiger partial charge is 0.246 e. The summed E-state index contributed by atoms with van der Waals surface area (Å²) in [5.41, 5.74) is 1.11. The molecule has 0 fully saturated rings. The summed E-state index contributed by atoms with van der Waals surface area (Å²) in [6, 6.07) is 0. The molecule has 0 bridgehead atoms. The summed E-state index contributed by atoms with van der Waals surface area (Å²) in [6.45, 7) is 12.5. The molecule has 0 radical (unpaired) electrons. The third-order valence-electron chi connectivity index (χ3n) is 1.91. The zero-order valence-electron chi connectivity index (χ0n) is 10.2. The summed E-state index contributed by atoms with van der Waals surface area (Å²) in [4.78, 5) is 8.84. The van der Waals surface area contributed by atoms with E-state index < -0.39 is 0 Å². The van der Waals surface area contributed by atoms with Gasteiger partial charge in [0.05, 0.1) is 0 Å². The maximum atomic E-state index is 4.56. The van der Waals surface area contributed by atoms with Gasteiger partial charge in [0, 0.05) is 17.8 Å². The van der Waals surface area contributed by atoms with Crippen molar-refractivity contribution >= 4 is 12.1 Å². The molecule has 0 spiro atoms. The van der Waals surface area contributed by atoms with Gasteiger partial charge in [0.1, 0.15) is 5.84 Å². The summed E-state index contributed by atoms with van der Waals surface area (Å²) in [5, 5.41) is 0. The zero-order valence-corrected chi connectivity index (χ0v) is 10.2. The average molecular weight is 194 g/mol. The van der Waals surface area contributed by atoms with E-state index in [2.05, 4.69) is 43.8 Å². The molecular weight excluding hydrogens is 172 g/mol. The van der Waals surface area contributed by atoms with Gasteiger partial charge in [0.15, 0.2) is 0 Å². The van der Waals surface area contributed by atoms with Gasteiger partial charge >= 0.3 is 0 Å². The van der Waals surface area contributed by atoms with Crippen molar-refractivity contribution in [1.29, 1.82) is 0 Å². The van der Waals surface area contributed by atoms with Crippen LogP contribution in [0.25, 0.3) is 0 Å². The van der Waals surface area contributed by atoms with Crippen LogP contribution in [0.2, 0.25) is 0 Å². The average Bonchev–Trinajstić information content (AvgIpc) is 2.11. The Morgan fingerprint density at radius 2 is 1.57 bits per heavy atom. The van der Waals surface area contributed by atoms with Crippen LogP contribution in [0.15, 0.2) is 21.8 Å². The van der Waals surface area contributed by atoms with Crippen molar-refractivity contribution in [1.82, 2.24) is 0 Å². The second kappa shape index (κ2) is 6.52. The highest BCUT2D eigenvalue weighted by Gasteiger charge is 2.06. The van der Waals surface area contributed by atoms with E-state index in [1.165, 1.54) is 0 Å². The van der Waals surface area contributed by atoms with Gasteiger partial charge in [-0.1, -0.05) is 33.8 Å². The number of amidine groups is 1. The highest BCUT2D eigenvalue weighted by molar-refractivity contribution is 5.91. The first kappa shape index (κ1) is 13.1. The van der Waals surface area contributed by atoms with Crippen molar-refractivity contribution in [2.45, 2.75) is 41.5 Å². The van der Waals surface area contributed by atoms with Crippen LogP contribution in [-0.4, -0.2) is 12.1 Å². The fourth-order valence-electron chi connectivity index (χ4n) is 1.10. The van der Waals surface area contributed by atoms with E-state index in [9.17, 15) is 0 Å². The second-order valence-electron chi connectivity index (χ2n) is 3.88. The fourth-order valence-corrected chi connectivity index (χ4v) is 1.10. The van der Waals surface area contributed by atoms with E-state index in [0.29, 0.717) is 11.8 Å². The molecule has 0 saturated carbocycles. The summed E-state index contributed by atoms with van der Waals surface area (Å²) < 4.78 is 0. The van der Waals surface area contributed by atoms with Crippen LogP contribution in [0.5, 0.6) is 0 Å². The predicted molar refractivity (Wildman–Crippen MR) is 65.0 cm³/mol. The molecule has 0 aliphatic carbocycles. The van der Waals surface area contributed by atoms with Gasteiger partial charge in [0.25, 0.3) is 0 Å². The van der Waals surface area contributed by atoms with Crippen molar-refractivity contribution in [3.8, 4) is 0 Å². The van der Waals surface area contributed by atoms with E-state index in [1.54, 1.807) is 6.21 Å². The third kappa shape index (κ3) is 4.35. The molecule has 14 heavy (non-hydrogen) atoms. The van der Waals surface area contributed by atoms with Gasteiger partial charge in [-0.2, -0.15) is 0 Å². The molecule has 0 saturated heterocycles. The number of hydrogen-bond acceptors (Lipinski definition) is 1. The lowest BCUT2D eigenvalue weighted by Crippen LogP contribution is -2.06. The Morgan fingerprint density at radius 3 is 1.86 bits per heavy atom. The molecule has 0 amide bonds. The molecule has 0 aromatic carbocycles. The smallest absolute Gasteiger partial charge is 0.130 e. The van der Waals surface area contributed by atoms with Crippen LogP contribution in [0, 0.1) is 11.8 Å². The number of aliphatic imine (C=N–C) groups is 2. The van der Waals surface area contributed by atoms with Gasteiger partial charge < -0.3 is 0 Å². The van der Waals surface area contributed by atoms with Crippen molar-refractivity contribution < 1.29 is 0 Å². The summed E-state index contributed by atoms with van der Waals surface area (Å²) in [5.74, 6) is 1.75. The summed E-state index contributed by atoms with van der Waals surface area (Å²) >= 11 is 0. The van der Waals surface area contributed by atoms with Crippen LogP contribution in [0.3, 0.4) is 0 Å². The van der Waals surface area contributed by atoms with E-state index >= 15 is 0 Å². The highest BCUT2D eigenvalue weighted by Crippen LogP contribution is 2.13. The lowest BCUT2D eigenvalue weighted by atomic mass is 10.1. The molecule has 0 heterocycles. The molecule has 0 aliphatic heterocycles. The maximum Gasteiger partial charge on any atom is 0.130 e. The molecule has 2 heteroatoms. The highest BCUT2D eigenvalue weighted by atomic mass is 14.9. The van der Waals surface area contributed by atoms with Gasteiger partial charge in [0.2, 0.25) is 0 Å². The summed E-state index contributed by atoms with van der Waals surface area (Å²) in [6.07, 6.45) is 3.85. The van der Waals surface area contributed by atoms with Crippen molar-refractivity contribution in [2.24, 2.45) is 21.8 Å². The molecule has 0 aromatic rings. The monoisotopic (exact) mass is 194 g/mol. The van der Waals surface area contributed by atoms with Crippen molar-refractivity contribution in [2.75, 3.05) is 0 Å². The van der Waals surface area contributed by atoms with E-state index in [0.717, 1.165) is 11.5 Å². The van der Waals surface area contributed by atoms with Crippen LogP contribution in [0.1, 0.15) is 41.5 Å². The first-order chi connectivity index (χ1) is 6.52. The molecule has 0 atom stereocenters. The van der Waals surface area contributed by atoms with E-state index in [-0.39, 0.29) is 0 Å². The van der Waals surface area contributed by atoms with Crippen molar-refractivity contribution in [3.05, 3.63) is 11.8 Å². The molecule has 0 aromatic heterocycles. The van der Waals surface area contributed by atoms with Gasteiger partial charge in [-0.25, -0.2) is 9.98 Å². The topological polar surface area (TPSA) is 24.7 Å². The molecule has 80 valence electrons. The van der Waals surface area contributed by atoms with Gasteiger partial charge in [-0.05, 0) is 19.8 Å². The molecule has 0 rings (SSSR count). The zero-order chi connectivity index (χ0) is 11.1. The molecule has 0 N–H and O–H groups in total. The quantitative estimate of drug-likeness (QED) is 0.483. The first-order valence-electron chi connectivity index (χ1n) is 5.26. The predicted octanol–water partition coefficient (Wildman–Crippen LogP) is 3.69. The Balaban J connectivity index is 4.89. The van der Waals surface area contributed by atoms with Crippen LogP contribution in [0.4, 0.5) is 0 Å². The second-order valence-corrected chi connectivity index (χ2v) is 3.88. The minimum absolute atomic E-state index is 0.375.